The second-order valence-corrected chi connectivity index (χ2v) is 3.56. The molecule has 0 aliphatic carbocycles. The molecule has 0 atom stereocenters. The van der Waals surface area contributed by atoms with Gasteiger partial charge < -0.3 is 21.5 Å². The number of likely N-dealkylation sites (N-methyl/N-ethyl adjacent to an activating group) is 1. The van der Waals surface area contributed by atoms with Crippen LogP contribution in [0.1, 0.15) is 5.56 Å². The number of nitrogens with two attached hydrogens (primary N) is 2. The van der Waals surface area contributed by atoms with Gasteiger partial charge in [0.2, 0.25) is 0 Å². The van der Waals surface area contributed by atoms with Gasteiger partial charge in [-0.2, -0.15) is 0 Å². The molecule has 1 aromatic carbocycles. The van der Waals surface area contributed by atoms with Crippen molar-refractivity contribution in [1.82, 2.24) is 5.32 Å². The standard InChI is InChI=1S/C10H16ClN3O/c1-14-2-3-15-10-5-7(11)4-9(13)8(10)6-12/h4-5,14H,2-3,6,12-13H2,1H3. The molecule has 84 valence electrons. The molecule has 1 rings (SSSR count). The van der Waals surface area contributed by atoms with Gasteiger partial charge in [0, 0.05) is 29.4 Å². The van der Waals surface area contributed by atoms with E-state index < -0.39 is 0 Å². The van der Waals surface area contributed by atoms with Crippen LogP contribution in [-0.2, 0) is 6.54 Å². The van der Waals surface area contributed by atoms with Gasteiger partial charge in [0.1, 0.15) is 12.4 Å². The second kappa shape index (κ2) is 5.80. The second-order valence-electron chi connectivity index (χ2n) is 3.13. The number of hydrogen-bond donors (Lipinski definition) is 3. The summed E-state index contributed by atoms with van der Waals surface area (Å²) in [5.41, 5.74) is 12.7. The molecule has 0 aliphatic rings. The zero-order valence-corrected chi connectivity index (χ0v) is 9.47. The highest BCUT2D eigenvalue weighted by molar-refractivity contribution is 6.31. The average Bonchev–Trinajstić information content (AvgIpc) is 2.17. The van der Waals surface area contributed by atoms with E-state index in [1.54, 1.807) is 12.1 Å². The third kappa shape index (κ3) is 3.27. The third-order valence-electron chi connectivity index (χ3n) is 2.02. The van der Waals surface area contributed by atoms with E-state index in [1.165, 1.54) is 0 Å². The summed E-state index contributed by atoms with van der Waals surface area (Å²) in [7, 11) is 1.86. The molecule has 0 aromatic heterocycles. The van der Waals surface area contributed by atoms with E-state index in [9.17, 15) is 0 Å². The van der Waals surface area contributed by atoms with E-state index in [4.69, 9.17) is 27.8 Å². The van der Waals surface area contributed by atoms with Gasteiger partial charge >= 0.3 is 0 Å². The van der Waals surface area contributed by atoms with Crippen LogP contribution < -0.4 is 21.5 Å². The molecule has 5 N–H and O–H groups in total. The van der Waals surface area contributed by atoms with Crippen LogP contribution in [-0.4, -0.2) is 20.2 Å². The van der Waals surface area contributed by atoms with Crippen LogP contribution in [0.5, 0.6) is 5.75 Å². The van der Waals surface area contributed by atoms with E-state index in [0.717, 1.165) is 12.1 Å². The first-order valence-electron chi connectivity index (χ1n) is 4.74. The quantitative estimate of drug-likeness (QED) is 0.520. The number of hydrogen-bond acceptors (Lipinski definition) is 4. The summed E-state index contributed by atoms with van der Waals surface area (Å²) in [6, 6.07) is 3.41. The largest absolute Gasteiger partial charge is 0.492 e. The molecule has 0 heterocycles. The van der Waals surface area contributed by atoms with Crippen LogP contribution in [0.4, 0.5) is 5.69 Å². The highest BCUT2D eigenvalue weighted by Gasteiger charge is 2.07. The Morgan fingerprint density at radius 2 is 2.20 bits per heavy atom. The van der Waals surface area contributed by atoms with Gasteiger partial charge in [-0.1, -0.05) is 11.6 Å². The molecular weight excluding hydrogens is 214 g/mol. The van der Waals surface area contributed by atoms with E-state index in [0.29, 0.717) is 29.6 Å². The predicted octanol–water partition coefficient (Wildman–Crippen LogP) is 0.979. The maximum atomic E-state index is 5.88. The van der Waals surface area contributed by atoms with E-state index in [-0.39, 0.29) is 0 Å². The zero-order valence-electron chi connectivity index (χ0n) is 8.72. The summed E-state index contributed by atoms with van der Waals surface area (Å²) in [5.74, 6) is 0.665. The van der Waals surface area contributed by atoms with Crippen LogP contribution in [0, 0.1) is 0 Å². The Kier molecular flexibility index (Phi) is 4.68. The summed E-state index contributed by atoms with van der Waals surface area (Å²) in [6.45, 7) is 1.66. The Hall–Kier alpha value is -0.970. The van der Waals surface area contributed by atoms with Gasteiger partial charge in [-0.05, 0) is 19.2 Å². The molecule has 0 radical (unpaired) electrons. The first-order chi connectivity index (χ1) is 7.19. The molecular formula is C10H16ClN3O. The maximum Gasteiger partial charge on any atom is 0.127 e. The Morgan fingerprint density at radius 3 is 2.80 bits per heavy atom. The van der Waals surface area contributed by atoms with Gasteiger partial charge in [0.05, 0.1) is 0 Å². The Morgan fingerprint density at radius 1 is 1.47 bits per heavy atom. The van der Waals surface area contributed by atoms with Crippen molar-refractivity contribution < 1.29 is 4.74 Å². The molecule has 0 unspecified atom stereocenters. The predicted molar refractivity (Wildman–Crippen MR) is 63.2 cm³/mol. The van der Waals surface area contributed by atoms with Crippen molar-refractivity contribution >= 4 is 17.3 Å². The van der Waals surface area contributed by atoms with Gasteiger partial charge in [-0.15, -0.1) is 0 Å². The maximum absolute atomic E-state index is 5.88. The molecule has 0 saturated heterocycles. The molecule has 5 heteroatoms. The lowest BCUT2D eigenvalue weighted by atomic mass is 10.1. The summed E-state index contributed by atoms with van der Waals surface area (Å²) < 4.78 is 5.52. The Balaban J connectivity index is 2.84. The summed E-state index contributed by atoms with van der Waals surface area (Å²) in [6.07, 6.45) is 0. The average molecular weight is 230 g/mol. The fourth-order valence-electron chi connectivity index (χ4n) is 1.24. The molecule has 1 aromatic rings. The van der Waals surface area contributed by atoms with Crippen LogP contribution in [0.3, 0.4) is 0 Å². The Labute approximate surface area is 94.5 Å². The van der Waals surface area contributed by atoms with Crippen molar-refractivity contribution in [2.24, 2.45) is 5.73 Å². The monoisotopic (exact) mass is 229 g/mol. The molecule has 0 bridgehead atoms. The minimum Gasteiger partial charge on any atom is -0.492 e. The van der Waals surface area contributed by atoms with E-state index >= 15 is 0 Å². The number of anilines is 1. The van der Waals surface area contributed by atoms with Crippen molar-refractivity contribution in [3.63, 3.8) is 0 Å². The van der Waals surface area contributed by atoms with Crippen molar-refractivity contribution in [2.45, 2.75) is 6.54 Å². The molecule has 15 heavy (non-hydrogen) atoms. The molecule has 0 spiro atoms. The van der Waals surface area contributed by atoms with Gasteiger partial charge in [0.15, 0.2) is 0 Å². The lowest BCUT2D eigenvalue weighted by molar-refractivity contribution is 0.315. The topological polar surface area (TPSA) is 73.3 Å². The number of nitrogen functional groups attached to an aromatic ring is 1. The lowest BCUT2D eigenvalue weighted by Gasteiger charge is -2.12. The zero-order chi connectivity index (χ0) is 11.3. The number of rotatable bonds is 5. The molecule has 0 fully saturated rings. The summed E-state index contributed by atoms with van der Waals surface area (Å²) in [5, 5.41) is 3.54. The van der Waals surface area contributed by atoms with Gasteiger partial charge in [0.25, 0.3) is 0 Å². The van der Waals surface area contributed by atoms with Gasteiger partial charge in [-0.3, -0.25) is 0 Å². The molecule has 0 saturated carbocycles. The van der Waals surface area contributed by atoms with E-state index in [2.05, 4.69) is 5.32 Å². The van der Waals surface area contributed by atoms with Gasteiger partial charge in [-0.25, -0.2) is 0 Å². The van der Waals surface area contributed by atoms with Crippen molar-refractivity contribution in [1.29, 1.82) is 0 Å². The van der Waals surface area contributed by atoms with Crippen molar-refractivity contribution in [3.05, 3.63) is 22.7 Å². The van der Waals surface area contributed by atoms with E-state index in [1.807, 2.05) is 7.05 Å². The fraction of sp³-hybridized carbons (Fsp3) is 0.400. The van der Waals surface area contributed by atoms with Crippen molar-refractivity contribution in [2.75, 3.05) is 25.9 Å². The first kappa shape index (κ1) is 12.1. The highest BCUT2D eigenvalue weighted by atomic mass is 35.5. The highest BCUT2D eigenvalue weighted by Crippen LogP contribution is 2.28. The van der Waals surface area contributed by atoms with Crippen LogP contribution in [0.15, 0.2) is 12.1 Å². The minimum absolute atomic E-state index is 0.345. The van der Waals surface area contributed by atoms with Crippen LogP contribution in [0.2, 0.25) is 5.02 Å². The molecule has 4 nitrogen and oxygen atoms in total. The van der Waals surface area contributed by atoms with Crippen LogP contribution in [0.25, 0.3) is 0 Å². The van der Waals surface area contributed by atoms with Crippen LogP contribution >= 0.6 is 11.6 Å². The fourth-order valence-corrected chi connectivity index (χ4v) is 1.46. The molecule has 0 aliphatic heterocycles. The number of halogens is 1. The minimum atomic E-state index is 0.345. The third-order valence-corrected chi connectivity index (χ3v) is 2.24. The Bertz CT molecular complexity index is 331. The lowest BCUT2D eigenvalue weighted by Crippen LogP contribution is -2.17. The first-order valence-corrected chi connectivity index (χ1v) is 5.12. The number of benzene rings is 1. The normalized spacial score (nSPS) is 10.3. The summed E-state index contributed by atoms with van der Waals surface area (Å²) in [4.78, 5) is 0. The number of ether oxygens (including phenoxy) is 1. The summed E-state index contributed by atoms with van der Waals surface area (Å²) >= 11 is 5.88. The number of nitrogens with one attached hydrogen (secondary N) is 1. The smallest absolute Gasteiger partial charge is 0.127 e. The van der Waals surface area contributed by atoms with Crippen molar-refractivity contribution in [3.8, 4) is 5.75 Å². The molecule has 0 amide bonds. The SMILES string of the molecule is CNCCOc1cc(Cl)cc(N)c1CN.